The average molecular weight is 423 g/mol. The summed E-state index contributed by atoms with van der Waals surface area (Å²) in [6.07, 6.45) is 0. The van der Waals surface area contributed by atoms with E-state index in [-0.39, 0.29) is 6.04 Å². The highest BCUT2D eigenvalue weighted by atomic mass is 32.1. The minimum Gasteiger partial charge on any atom is -0.459 e. The second kappa shape index (κ2) is 7.98. The smallest absolute Gasteiger partial charge is 0.146 e. The lowest BCUT2D eigenvalue weighted by Crippen LogP contribution is -2.36. The monoisotopic (exact) mass is 422 g/mol. The quantitative estimate of drug-likeness (QED) is 0.485. The minimum atomic E-state index is -0.00802. The Labute approximate surface area is 179 Å². The van der Waals surface area contributed by atoms with E-state index in [9.17, 15) is 0 Å². The Morgan fingerprint density at radius 1 is 1.17 bits per heavy atom. The molecule has 5 rings (SSSR count). The molecule has 7 heteroatoms. The molecule has 1 aliphatic rings. The second-order valence-corrected chi connectivity index (χ2v) is 9.10. The number of hydrogen-bond acceptors (Lipinski definition) is 7. The number of nitrogens with zero attached hydrogens (tertiary/aromatic N) is 3. The molecule has 0 amide bonds. The number of fused-ring (bicyclic) bond motifs is 2. The van der Waals surface area contributed by atoms with Crippen LogP contribution >= 0.6 is 11.3 Å². The molecule has 4 heterocycles. The van der Waals surface area contributed by atoms with Crippen molar-refractivity contribution in [1.29, 1.82) is 0 Å². The molecule has 4 aromatic rings. The first-order chi connectivity index (χ1) is 14.6. The van der Waals surface area contributed by atoms with Gasteiger partial charge in [0.1, 0.15) is 27.8 Å². The maximum Gasteiger partial charge on any atom is 0.146 e. The van der Waals surface area contributed by atoms with Crippen molar-refractivity contribution in [3.05, 3.63) is 52.4 Å². The van der Waals surface area contributed by atoms with Gasteiger partial charge in [-0.1, -0.05) is 18.2 Å². The molecule has 6 nitrogen and oxygen atoms in total. The summed E-state index contributed by atoms with van der Waals surface area (Å²) in [5, 5.41) is 5.84. The fraction of sp³-hybridized carbons (Fsp3) is 0.391. The van der Waals surface area contributed by atoms with E-state index in [4.69, 9.17) is 19.1 Å². The highest BCUT2D eigenvalue weighted by Gasteiger charge is 2.20. The van der Waals surface area contributed by atoms with Crippen LogP contribution in [0.1, 0.15) is 35.0 Å². The summed E-state index contributed by atoms with van der Waals surface area (Å²) in [6, 6.07) is 10.2. The molecule has 156 valence electrons. The van der Waals surface area contributed by atoms with E-state index >= 15 is 0 Å². The molecule has 0 saturated carbocycles. The molecule has 0 spiro atoms. The van der Waals surface area contributed by atoms with E-state index in [1.54, 1.807) is 11.3 Å². The number of hydrogen-bond donors (Lipinski definition) is 1. The van der Waals surface area contributed by atoms with Crippen molar-refractivity contribution in [2.75, 3.05) is 31.6 Å². The van der Waals surface area contributed by atoms with Gasteiger partial charge in [-0.15, -0.1) is 11.3 Å². The van der Waals surface area contributed by atoms with Crippen LogP contribution in [0.3, 0.4) is 0 Å². The first-order valence-electron chi connectivity index (χ1n) is 10.4. The molecule has 1 N–H and O–H groups in total. The Morgan fingerprint density at radius 3 is 2.77 bits per heavy atom. The molecular weight excluding hydrogens is 396 g/mol. The van der Waals surface area contributed by atoms with E-state index in [2.05, 4.69) is 43.1 Å². The largest absolute Gasteiger partial charge is 0.459 e. The van der Waals surface area contributed by atoms with Crippen LogP contribution in [0.5, 0.6) is 0 Å². The number of ether oxygens (including phenoxy) is 1. The number of benzene rings is 1. The lowest BCUT2D eigenvalue weighted by molar-refractivity contribution is 0.0331. The van der Waals surface area contributed by atoms with Gasteiger partial charge in [-0.25, -0.2) is 9.97 Å². The Bertz CT molecular complexity index is 1160. The Morgan fingerprint density at radius 2 is 1.97 bits per heavy atom. The van der Waals surface area contributed by atoms with E-state index in [1.165, 1.54) is 10.4 Å². The number of aromatic nitrogens is 2. The number of anilines is 1. The van der Waals surface area contributed by atoms with Gasteiger partial charge in [0.15, 0.2) is 0 Å². The van der Waals surface area contributed by atoms with Crippen molar-refractivity contribution in [1.82, 2.24) is 14.9 Å². The van der Waals surface area contributed by atoms with Crippen LogP contribution in [-0.4, -0.2) is 41.2 Å². The number of furan rings is 1. The van der Waals surface area contributed by atoms with Gasteiger partial charge < -0.3 is 14.5 Å². The highest BCUT2D eigenvalue weighted by Crippen LogP contribution is 2.35. The molecule has 1 unspecified atom stereocenters. The molecule has 1 saturated heterocycles. The summed E-state index contributed by atoms with van der Waals surface area (Å²) in [5.74, 6) is 2.64. The Balaban J connectivity index is 1.49. The SMILES string of the molecule is Cc1sc2nc(CN3CCOCC3)nc(NC(C)c3cc4ccccc4o3)c2c1C. The number of morpholine rings is 1. The maximum atomic E-state index is 6.08. The fourth-order valence-corrected chi connectivity index (χ4v) is 4.97. The summed E-state index contributed by atoms with van der Waals surface area (Å²) in [5.41, 5.74) is 2.15. The molecule has 1 aliphatic heterocycles. The minimum absolute atomic E-state index is 0.00802. The first kappa shape index (κ1) is 19.5. The molecular formula is C23H26N4O2S. The topological polar surface area (TPSA) is 63.4 Å². The molecule has 0 aliphatic carbocycles. The van der Waals surface area contributed by atoms with Gasteiger partial charge in [0.25, 0.3) is 0 Å². The molecule has 0 bridgehead atoms. The van der Waals surface area contributed by atoms with Crippen LogP contribution in [0.2, 0.25) is 0 Å². The van der Waals surface area contributed by atoms with E-state index in [0.29, 0.717) is 0 Å². The molecule has 1 fully saturated rings. The lowest BCUT2D eigenvalue weighted by atomic mass is 10.2. The lowest BCUT2D eigenvalue weighted by Gasteiger charge is -2.26. The predicted molar refractivity (Wildman–Crippen MR) is 121 cm³/mol. The van der Waals surface area contributed by atoms with Gasteiger partial charge in [-0.05, 0) is 38.5 Å². The van der Waals surface area contributed by atoms with E-state index in [0.717, 1.165) is 71.4 Å². The zero-order chi connectivity index (χ0) is 20.7. The van der Waals surface area contributed by atoms with Crippen molar-refractivity contribution in [3.63, 3.8) is 0 Å². The summed E-state index contributed by atoms with van der Waals surface area (Å²) in [7, 11) is 0. The van der Waals surface area contributed by atoms with Crippen LogP contribution in [0, 0.1) is 13.8 Å². The molecule has 1 atom stereocenters. The zero-order valence-corrected chi connectivity index (χ0v) is 18.4. The Hall–Kier alpha value is -2.48. The number of aryl methyl sites for hydroxylation is 2. The van der Waals surface area contributed by atoms with Gasteiger partial charge in [-0.3, -0.25) is 4.90 Å². The van der Waals surface area contributed by atoms with Crippen molar-refractivity contribution in [2.24, 2.45) is 0 Å². The summed E-state index contributed by atoms with van der Waals surface area (Å²) >= 11 is 1.74. The third-order valence-electron chi connectivity index (χ3n) is 5.77. The predicted octanol–water partition coefficient (Wildman–Crippen LogP) is 5.06. The summed E-state index contributed by atoms with van der Waals surface area (Å²) < 4.78 is 11.5. The third-order valence-corrected chi connectivity index (χ3v) is 6.87. The van der Waals surface area contributed by atoms with Gasteiger partial charge in [-0.2, -0.15) is 0 Å². The second-order valence-electron chi connectivity index (χ2n) is 7.89. The molecule has 1 aromatic carbocycles. The van der Waals surface area contributed by atoms with Gasteiger partial charge in [0.2, 0.25) is 0 Å². The van der Waals surface area contributed by atoms with Crippen molar-refractivity contribution >= 4 is 38.3 Å². The number of thiophene rings is 1. The standard InChI is InChI=1S/C23H26N4O2S/c1-14-16(3)30-23-21(14)22(25-20(26-23)13-27-8-10-28-11-9-27)24-15(2)19-12-17-6-4-5-7-18(17)29-19/h4-7,12,15H,8-11,13H2,1-3H3,(H,24,25,26). The van der Waals surface area contributed by atoms with Gasteiger partial charge >= 0.3 is 0 Å². The van der Waals surface area contributed by atoms with E-state index < -0.39 is 0 Å². The Kier molecular flexibility index (Phi) is 5.18. The van der Waals surface area contributed by atoms with Crippen LogP contribution in [-0.2, 0) is 11.3 Å². The van der Waals surface area contributed by atoms with Crippen LogP contribution in [0.4, 0.5) is 5.82 Å². The summed E-state index contributed by atoms with van der Waals surface area (Å²) in [4.78, 5) is 14.5. The first-order valence-corrected chi connectivity index (χ1v) is 11.2. The van der Waals surface area contributed by atoms with Gasteiger partial charge in [0.05, 0.1) is 31.2 Å². The van der Waals surface area contributed by atoms with Crippen molar-refractivity contribution in [3.8, 4) is 0 Å². The van der Waals surface area contributed by atoms with Crippen LogP contribution < -0.4 is 5.32 Å². The number of nitrogens with one attached hydrogen (secondary N) is 1. The van der Waals surface area contributed by atoms with Crippen LogP contribution in [0.25, 0.3) is 21.2 Å². The molecule has 30 heavy (non-hydrogen) atoms. The molecule has 3 aromatic heterocycles. The van der Waals surface area contributed by atoms with Crippen LogP contribution in [0.15, 0.2) is 34.7 Å². The third kappa shape index (κ3) is 3.69. The van der Waals surface area contributed by atoms with Crippen molar-refractivity contribution in [2.45, 2.75) is 33.4 Å². The van der Waals surface area contributed by atoms with Gasteiger partial charge in [0, 0.05) is 23.4 Å². The maximum absolute atomic E-state index is 6.08. The number of para-hydroxylation sites is 1. The van der Waals surface area contributed by atoms with E-state index in [1.807, 2.05) is 18.2 Å². The van der Waals surface area contributed by atoms with Crippen molar-refractivity contribution < 1.29 is 9.15 Å². The average Bonchev–Trinajstić information content (AvgIpc) is 3.30. The highest BCUT2D eigenvalue weighted by molar-refractivity contribution is 7.18. The normalized spacial score (nSPS) is 16.4. The fourth-order valence-electron chi connectivity index (χ4n) is 3.92. The zero-order valence-electron chi connectivity index (χ0n) is 17.6. The molecule has 0 radical (unpaired) electrons. The number of rotatable bonds is 5. The summed E-state index contributed by atoms with van der Waals surface area (Å²) in [6.45, 7) is 10.5.